The zero-order valence-corrected chi connectivity index (χ0v) is 14.4. The zero-order valence-electron chi connectivity index (χ0n) is 12.8. The van der Waals surface area contributed by atoms with Crippen molar-refractivity contribution >= 4 is 34.6 Å². The minimum Gasteiger partial charge on any atom is -0.495 e. The number of aromatic nitrogens is 3. The average Bonchev–Trinajstić information content (AvgIpc) is 3.24. The van der Waals surface area contributed by atoms with Crippen LogP contribution in [0.25, 0.3) is 10.7 Å². The van der Waals surface area contributed by atoms with Gasteiger partial charge in [0.1, 0.15) is 18.1 Å². The number of thiophene rings is 1. The third-order valence-corrected chi connectivity index (χ3v) is 4.26. The third-order valence-electron chi connectivity index (χ3n) is 3.10. The number of methoxy groups -OCH3 is 1. The number of rotatable bonds is 5. The monoisotopic (exact) mass is 362 g/mol. The van der Waals surface area contributed by atoms with Crippen LogP contribution in [-0.2, 0) is 6.54 Å². The molecule has 0 aliphatic heterocycles. The van der Waals surface area contributed by atoms with E-state index in [2.05, 4.69) is 25.5 Å². The van der Waals surface area contributed by atoms with Crippen LogP contribution in [0.1, 0.15) is 5.82 Å². The molecule has 2 heterocycles. The number of guanidine groups is 1. The summed E-state index contributed by atoms with van der Waals surface area (Å²) in [7, 11) is 1.56. The van der Waals surface area contributed by atoms with Gasteiger partial charge in [0.05, 0.1) is 17.0 Å². The van der Waals surface area contributed by atoms with Gasteiger partial charge < -0.3 is 15.8 Å². The summed E-state index contributed by atoms with van der Waals surface area (Å²) < 4.78 is 5.10. The van der Waals surface area contributed by atoms with Gasteiger partial charge >= 0.3 is 0 Å². The van der Waals surface area contributed by atoms with Crippen molar-refractivity contribution in [1.82, 2.24) is 15.2 Å². The quantitative estimate of drug-likeness (QED) is 0.478. The Bertz CT molecular complexity index is 846. The second-order valence-corrected chi connectivity index (χ2v) is 6.11. The number of halogens is 1. The van der Waals surface area contributed by atoms with Crippen LogP contribution in [0.3, 0.4) is 0 Å². The number of hydrogen-bond acceptors (Lipinski definition) is 5. The molecular weight excluding hydrogens is 348 g/mol. The lowest BCUT2D eigenvalue weighted by molar-refractivity contribution is 0.415. The summed E-state index contributed by atoms with van der Waals surface area (Å²) >= 11 is 7.65. The molecule has 0 radical (unpaired) electrons. The Morgan fingerprint density at radius 1 is 1.46 bits per heavy atom. The molecule has 0 atom stereocenters. The van der Waals surface area contributed by atoms with Gasteiger partial charge in [0.25, 0.3) is 0 Å². The molecule has 24 heavy (non-hydrogen) atoms. The molecule has 0 aliphatic rings. The van der Waals surface area contributed by atoms with Crippen LogP contribution in [-0.4, -0.2) is 28.3 Å². The van der Waals surface area contributed by atoms with Gasteiger partial charge in [0.15, 0.2) is 11.8 Å². The molecule has 4 N–H and O–H groups in total. The number of anilines is 1. The third kappa shape index (κ3) is 3.84. The molecule has 124 valence electrons. The van der Waals surface area contributed by atoms with E-state index in [1.165, 1.54) is 0 Å². The van der Waals surface area contributed by atoms with Gasteiger partial charge in [0.2, 0.25) is 0 Å². The molecule has 7 nitrogen and oxygen atoms in total. The van der Waals surface area contributed by atoms with E-state index in [1.807, 2.05) is 17.5 Å². The average molecular weight is 363 g/mol. The minimum atomic E-state index is 0.255. The molecule has 2 aromatic heterocycles. The summed E-state index contributed by atoms with van der Waals surface area (Å²) in [5.41, 5.74) is 6.60. The van der Waals surface area contributed by atoms with E-state index in [0.717, 1.165) is 10.6 Å². The van der Waals surface area contributed by atoms with E-state index in [4.69, 9.17) is 22.1 Å². The van der Waals surface area contributed by atoms with Crippen LogP contribution in [0.2, 0.25) is 5.02 Å². The van der Waals surface area contributed by atoms with Gasteiger partial charge in [0, 0.05) is 5.69 Å². The Balaban J connectivity index is 1.63. The highest BCUT2D eigenvalue weighted by molar-refractivity contribution is 7.13. The van der Waals surface area contributed by atoms with E-state index in [-0.39, 0.29) is 5.96 Å². The lowest BCUT2D eigenvalue weighted by Crippen LogP contribution is -2.22. The Kier molecular flexibility index (Phi) is 4.97. The number of nitrogens with one attached hydrogen (secondary N) is 2. The Morgan fingerprint density at radius 2 is 2.33 bits per heavy atom. The number of nitrogens with zero attached hydrogens (tertiary/aromatic N) is 3. The topological polar surface area (TPSA) is 101 Å². The van der Waals surface area contributed by atoms with Gasteiger partial charge in [-0.1, -0.05) is 17.7 Å². The van der Waals surface area contributed by atoms with Gasteiger partial charge in [-0.05, 0) is 29.6 Å². The molecule has 0 saturated carbocycles. The van der Waals surface area contributed by atoms with E-state index < -0.39 is 0 Å². The molecule has 0 saturated heterocycles. The minimum absolute atomic E-state index is 0.255. The summed E-state index contributed by atoms with van der Waals surface area (Å²) in [5, 5.41) is 12.5. The van der Waals surface area contributed by atoms with Crippen molar-refractivity contribution in [3.05, 3.63) is 46.6 Å². The largest absolute Gasteiger partial charge is 0.495 e. The molecular formula is C15H15ClN6OS. The van der Waals surface area contributed by atoms with Crippen molar-refractivity contribution in [3.63, 3.8) is 0 Å². The van der Waals surface area contributed by atoms with Crippen molar-refractivity contribution in [2.75, 3.05) is 12.4 Å². The van der Waals surface area contributed by atoms with Gasteiger partial charge in [-0.25, -0.2) is 9.98 Å². The number of hydrogen-bond donors (Lipinski definition) is 3. The standard InChI is InChI=1S/C15H15ClN6OS/c1-23-11-5-4-9(7-10(11)16)19-15(17)18-8-13-20-14(22-21-13)12-3-2-6-24-12/h2-7H,8H2,1H3,(H3,17,18,19)(H,20,21,22). The first-order valence-electron chi connectivity index (χ1n) is 7.01. The van der Waals surface area contributed by atoms with Gasteiger partial charge in [-0.3, -0.25) is 5.10 Å². The van der Waals surface area contributed by atoms with Crippen molar-refractivity contribution in [1.29, 1.82) is 0 Å². The van der Waals surface area contributed by atoms with Crippen LogP contribution < -0.4 is 15.8 Å². The lowest BCUT2D eigenvalue weighted by Gasteiger charge is -2.08. The maximum Gasteiger partial charge on any atom is 0.193 e. The van der Waals surface area contributed by atoms with Crippen molar-refractivity contribution in [2.24, 2.45) is 10.7 Å². The summed E-state index contributed by atoms with van der Waals surface area (Å²) in [6.07, 6.45) is 0. The zero-order chi connectivity index (χ0) is 16.9. The summed E-state index contributed by atoms with van der Waals surface area (Å²) in [6, 6.07) is 9.19. The fourth-order valence-corrected chi connectivity index (χ4v) is 2.89. The van der Waals surface area contributed by atoms with Crippen LogP contribution in [0.15, 0.2) is 40.7 Å². The lowest BCUT2D eigenvalue weighted by atomic mass is 10.3. The number of aliphatic imine (C=N–C) groups is 1. The highest BCUT2D eigenvalue weighted by Gasteiger charge is 2.07. The van der Waals surface area contributed by atoms with Crippen LogP contribution in [0.4, 0.5) is 5.69 Å². The predicted molar refractivity (Wildman–Crippen MR) is 96.6 cm³/mol. The first kappa shape index (κ1) is 16.3. The maximum atomic E-state index is 6.07. The normalized spacial score (nSPS) is 11.5. The van der Waals surface area contributed by atoms with Crippen LogP contribution in [0, 0.1) is 0 Å². The highest BCUT2D eigenvalue weighted by Crippen LogP contribution is 2.27. The first-order chi connectivity index (χ1) is 11.7. The number of ether oxygens (including phenoxy) is 1. The van der Waals surface area contributed by atoms with Crippen molar-refractivity contribution < 1.29 is 4.74 Å². The Morgan fingerprint density at radius 3 is 3.04 bits per heavy atom. The fraction of sp³-hybridized carbons (Fsp3) is 0.133. The Labute approximate surface area is 147 Å². The van der Waals surface area contributed by atoms with Crippen LogP contribution in [0.5, 0.6) is 5.75 Å². The van der Waals surface area contributed by atoms with Crippen molar-refractivity contribution in [2.45, 2.75) is 6.54 Å². The molecule has 1 aromatic carbocycles. The number of benzene rings is 1. The molecule has 0 unspecified atom stereocenters. The molecule has 0 aliphatic carbocycles. The van der Waals surface area contributed by atoms with Crippen LogP contribution >= 0.6 is 22.9 Å². The van der Waals surface area contributed by atoms with Crippen molar-refractivity contribution in [3.8, 4) is 16.5 Å². The number of aromatic amines is 1. The molecule has 0 spiro atoms. The van der Waals surface area contributed by atoms with E-state index >= 15 is 0 Å². The predicted octanol–water partition coefficient (Wildman–Crippen LogP) is 3.12. The van der Waals surface area contributed by atoms with Gasteiger partial charge in [-0.2, -0.15) is 5.10 Å². The Hall–Kier alpha value is -2.58. The first-order valence-corrected chi connectivity index (χ1v) is 8.27. The second-order valence-electron chi connectivity index (χ2n) is 4.76. The second kappa shape index (κ2) is 7.33. The van der Waals surface area contributed by atoms with E-state index in [9.17, 15) is 0 Å². The molecule has 0 amide bonds. The summed E-state index contributed by atoms with van der Waals surface area (Å²) in [4.78, 5) is 9.62. The van der Waals surface area contributed by atoms with Gasteiger partial charge in [-0.15, -0.1) is 11.3 Å². The molecule has 3 rings (SSSR count). The summed E-state index contributed by atoms with van der Waals surface area (Å²) in [6.45, 7) is 0.293. The molecule has 3 aromatic rings. The fourth-order valence-electron chi connectivity index (χ4n) is 1.97. The molecule has 0 fully saturated rings. The number of H-pyrrole nitrogens is 1. The molecule has 9 heteroatoms. The van der Waals surface area contributed by atoms with E-state index in [0.29, 0.717) is 29.0 Å². The maximum absolute atomic E-state index is 6.07. The summed E-state index contributed by atoms with van der Waals surface area (Å²) in [5.74, 6) is 2.14. The smallest absolute Gasteiger partial charge is 0.193 e. The number of nitrogens with two attached hydrogens (primary N) is 1. The highest BCUT2D eigenvalue weighted by atomic mass is 35.5. The van der Waals surface area contributed by atoms with E-state index in [1.54, 1.807) is 36.6 Å². The molecule has 0 bridgehead atoms. The SMILES string of the molecule is COc1ccc(NC(N)=NCc2nc(-c3cccs3)n[nH]2)cc1Cl.